The fraction of sp³-hybridized carbons (Fsp3) is 0.907. The molecule has 0 spiro atoms. The molecule has 0 aliphatic heterocycles. The van der Waals surface area contributed by atoms with Crippen molar-refractivity contribution in [2.45, 2.75) is 169 Å². The van der Waals surface area contributed by atoms with Crippen LogP contribution in [0.2, 0.25) is 0 Å². The maximum Gasteiger partial charge on any atom is 0.431 e. The standard InChI is InChI=1S/C41H82N6O12.C2H6/c1-37(2,3)59-36(51)47-58-29-28-53-27-26-52-25-22-45-35(50)32(46-34(49)31-57-41(10,11)18-24-55-39(6,7)16-20-43)14-12-13-21-44-33(48)30-56-40(8,9)17-23-54-38(4,5)15-19-42;1-2/h32H,12-31,42-43H2,1-11H3,(H,44,48)(H,45,50)(H,46,49)(H,47,51);1-2H3. The molecule has 0 aliphatic rings. The first kappa shape index (κ1) is 60.4. The van der Waals surface area contributed by atoms with Crippen molar-refractivity contribution in [2.24, 2.45) is 11.5 Å². The van der Waals surface area contributed by atoms with Gasteiger partial charge in [0.25, 0.3) is 0 Å². The van der Waals surface area contributed by atoms with E-state index in [9.17, 15) is 19.2 Å². The van der Waals surface area contributed by atoms with E-state index >= 15 is 0 Å². The molecule has 0 fully saturated rings. The summed E-state index contributed by atoms with van der Waals surface area (Å²) in [6.45, 7) is 28.2. The minimum Gasteiger partial charge on any atom is -0.442 e. The zero-order valence-corrected chi connectivity index (χ0v) is 40.3. The summed E-state index contributed by atoms with van der Waals surface area (Å²) in [5, 5.41) is 8.49. The number of rotatable bonds is 35. The van der Waals surface area contributed by atoms with Crippen LogP contribution in [0, 0.1) is 0 Å². The minimum atomic E-state index is -0.830. The van der Waals surface area contributed by atoms with E-state index in [0.717, 1.165) is 12.8 Å². The first-order valence-electron chi connectivity index (χ1n) is 22.0. The van der Waals surface area contributed by atoms with Crippen LogP contribution in [0.25, 0.3) is 0 Å². The molecule has 0 rings (SSSR count). The Hall–Kier alpha value is -2.68. The van der Waals surface area contributed by atoms with Crippen LogP contribution in [0.1, 0.15) is 135 Å². The summed E-state index contributed by atoms with van der Waals surface area (Å²) in [6, 6.07) is -0.830. The van der Waals surface area contributed by atoms with Crippen molar-refractivity contribution in [1.82, 2.24) is 21.4 Å². The van der Waals surface area contributed by atoms with Crippen LogP contribution in [0.3, 0.4) is 0 Å². The third-order valence-corrected chi connectivity index (χ3v) is 8.77. The highest BCUT2D eigenvalue weighted by atomic mass is 16.7. The van der Waals surface area contributed by atoms with Gasteiger partial charge in [-0.25, -0.2) is 4.79 Å². The molecule has 1 unspecified atom stereocenters. The largest absolute Gasteiger partial charge is 0.442 e. The Morgan fingerprint density at radius 1 is 0.541 bits per heavy atom. The molecule has 0 aromatic rings. The van der Waals surface area contributed by atoms with E-state index in [1.54, 1.807) is 20.8 Å². The lowest BCUT2D eigenvalue weighted by Gasteiger charge is -2.29. The van der Waals surface area contributed by atoms with Crippen molar-refractivity contribution < 1.29 is 57.2 Å². The van der Waals surface area contributed by atoms with Crippen LogP contribution in [0.5, 0.6) is 0 Å². The van der Waals surface area contributed by atoms with Crippen molar-refractivity contribution >= 4 is 23.8 Å². The predicted molar refractivity (Wildman–Crippen MR) is 237 cm³/mol. The molecule has 61 heavy (non-hydrogen) atoms. The fourth-order valence-corrected chi connectivity index (χ4v) is 5.11. The van der Waals surface area contributed by atoms with Gasteiger partial charge in [-0.2, -0.15) is 5.48 Å². The maximum absolute atomic E-state index is 13.2. The molecule has 0 saturated heterocycles. The van der Waals surface area contributed by atoms with E-state index in [2.05, 4.69) is 21.4 Å². The molecule has 0 aromatic heterocycles. The van der Waals surface area contributed by atoms with Gasteiger partial charge < -0.3 is 60.6 Å². The maximum atomic E-state index is 13.2. The molecule has 1 atom stereocenters. The van der Waals surface area contributed by atoms with Gasteiger partial charge in [-0.1, -0.05) is 13.8 Å². The third-order valence-electron chi connectivity index (χ3n) is 8.77. The van der Waals surface area contributed by atoms with Gasteiger partial charge in [0.1, 0.15) is 24.9 Å². The highest BCUT2D eigenvalue weighted by molar-refractivity contribution is 5.88. The Bertz CT molecular complexity index is 1180. The van der Waals surface area contributed by atoms with Gasteiger partial charge in [0.2, 0.25) is 17.7 Å². The summed E-state index contributed by atoms with van der Waals surface area (Å²) >= 11 is 0. The number of unbranched alkanes of at least 4 members (excludes halogenated alkanes) is 1. The molecule has 8 N–H and O–H groups in total. The number of carbonyl (C=O) groups is 4. The van der Waals surface area contributed by atoms with Crippen LogP contribution >= 0.6 is 0 Å². The van der Waals surface area contributed by atoms with Crippen molar-refractivity contribution in [1.29, 1.82) is 0 Å². The van der Waals surface area contributed by atoms with E-state index < -0.39 is 34.8 Å². The van der Waals surface area contributed by atoms with Crippen molar-refractivity contribution in [3.05, 3.63) is 0 Å². The van der Waals surface area contributed by atoms with Gasteiger partial charge >= 0.3 is 6.09 Å². The smallest absolute Gasteiger partial charge is 0.431 e. The molecule has 0 aliphatic carbocycles. The van der Waals surface area contributed by atoms with Gasteiger partial charge in [-0.15, -0.1) is 0 Å². The van der Waals surface area contributed by atoms with E-state index in [-0.39, 0.29) is 75.8 Å². The van der Waals surface area contributed by atoms with Crippen LogP contribution in [-0.2, 0) is 52.4 Å². The summed E-state index contributed by atoms with van der Waals surface area (Å²) in [5.74, 6) is -1.03. The van der Waals surface area contributed by atoms with Crippen molar-refractivity contribution in [3.8, 4) is 0 Å². The normalized spacial score (nSPS) is 12.8. The number of carbonyl (C=O) groups excluding carboxylic acids is 4. The van der Waals surface area contributed by atoms with Gasteiger partial charge in [0, 0.05) is 13.1 Å². The lowest BCUT2D eigenvalue weighted by molar-refractivity contribution is -0.137. The van der Waals surface area contributed by atoms with Crippen LogP contribution in [-0.4, -0.2) is 144 Å². The average molecular weight is 881 g/mol. The topological polar surface area (TPSA) is 242 Å². The van der Waals surface area contributed by atoms with Crippen LogP contribution in [0.15, 0.2) is 0 Å². The third kappa shape index (κ3) is 37.6. The van der Waals surface area contributed by atoms with Crippen LogP contribution in [0.4, 0.5) is 4.79 Å². The molecular weight excluding hydrogens is 793 g/mol. The van der Waals surface area contributed by atoms with Crippen molar-refractivity contribution in [3.63, 3.8) is 0 Å². The second kappa shape index (κ2) is 32.9. The molecule has 18 heteroatoms. The van der Waals surface area contributed by atoms with Gasteiger partial charge in [0.05, 0.1) is 68.7 Å². The predicted octanol–water partition coefficient (Wildman–Crippen LogP) is 4.05. The summed E-state index contributed by atoms with van der Waals surface area (Å²) in [4.78, 5) is 55.3. The van der Waals surface area contributed by atoms with Crippen molar-refractivity contribution in [2.75, 3.05) is 85.6 Å². The Morgan fingerprint density at radius 2 is 1.02 bits per heavy atom. The molecule has 0 aromatic carbocycles. The second-order valence-electron chi connectivity index (χ2n) is 17.8. The average Bonchev–Trinajstić information content (AvgIpc) is 3.14. The Kier molecular flexibility index (Phi) is 32.6. The quantitative estimate of drug-likeness (QED) is 0.0389. The number of hydrogen-bond acceptors (Lipinski definition) is 14. The summed E-state index contributed by atoms with van der Waals surface area (Å²) < 4.78 is 39.7. The molecule has 0 radical (unpaired) electrons. The summed E-state index contributed by atoms with van der Waals surface area (Å²) in [6.07, 6.45) is 3.41. The first-order chi connectivity index (χ1) is 28.4. The molecule has 0 bridgehead atoms. The van der Waals surface area contributed by atoms with Gasteiger partial charge in [-0.05, 0) is 134 Å². The molecule has 18 nitrogen and oxygen atoms in total. The first-order valence-corrected chi connectivity index (χ1v) is 22.0. The van der Waals surface area contributed by atoms with E-state index in [1.165, 1.54) is 0 Å². The van der Waals surface area contributed by atoms with E-state index in [0.29, 0.717) is 65.0 Å². The van der Waals surface area contributed by atoms with Gasteiger partial charge in [-0.3, -0.25) is 19.2 Å². The Balaban J connectivity index is 0. The second-order valence-corrected chi connectivity index (χ2v) is 17.8. The number of hydroxylamine groups is 1. The number of hydrogen-bond donors (Lipinski definition) is 6. The molecule has 0 heterocycles. The van der Waals surface area contributed by atoms with E-state index in [4.69, 9.17) is 49.5 Å². The zero-order valence-electron chi connectivity index (χ0n) is 40.3. The molecule has 362 valence electrons. The number of ether oxygens (including phenoxy) is 7. The highest BCUT2D eigenvalue weighted by Gasteiger charge is 2.26. The number of nitrogens with two attached hydrogens (primary N) is 2. The molecule has 0 saturated carbocycles. The Morgan fingerprint density at radius 3 is 1.52 bits per heavy atom. The lowest BCUT2D eigenvalue weighted by atomic mass is 10.0. The zero-order chi connectivity index (χ0) is 47.0. The number of nitrogens with one attached hydrogen (secondary N) is 4. The molecular formula is C43H88N6O12. The van der Waals surface area contributed by atoms with Crippen LogP contribution < -0.4 is 32.9 Å². The summed E-state index contributed by atoms with van der Waals surface area (Å²) in [5.41, 5.74) is 11.0. The monoisotopic (exact) mass is 881 g/mol. The Labute approximate surface area is 367 Å². The summed E-state index contributed by atoms with van der Waals surface area (Å²) in [7, 11) is 0. The highest BCUT2D eigenvalue weighted by Crippen LogP contribution is 2.20. The van der Waals surface area contributed by atoms with Gasteiger partial charge in [0.15, 0.2) is 0 Å². The SMILES string of the molecule is CC.CC(C)(C)OC(=O)NOCCOCCOCCNC(=O)C(CCCCNC(=O)COC(C)(C)CCOC(C)(C)CCN)NC(=O)COC(C)(C)CCOC(C)(C)CCN. The fourth-order valence-electron chi connectivity index (χ4n) is 5.11. The molecule has 4 amide bonds. The van der Waals surface area contributed by atoms with E-state index in [1.807, 2.05) is 69.2 Å². The lowest BCUT2D eigenvalue weighted by Crippen LogP contribution is -2.49. The number of amides is 4. The minimum absolute atomic E-state index is 0.0931.